The van der Waals surface area contributed by atoms with Gasteiger partial charge in [0.05, 0.1) is 10.6 Å². The molecule has 5 rings (SSSR count). The molecule has 1 aromatic heterocycles. The zero-order valence-electron chi connectivity index (χ0n) is 24.3. The Morgan fingerprint density at radius 2 is 1.76 bits per heavy atom. The normalized spacial score (nSPS) is 18.0. The van der Waals surface area contributed by atoms with E-state index in [1.165, 1.54) is 15.4 Å². The fourth-order valence-electron chi connectivity index (χ4n) is 5.67. The second-order valence-corrected chi connectivity index (χ2v) is 14.3. The number of amides is 1. The molecular weight excluding hydrogens is 572 g/mol. The molecule has 1 atom stereocenters. The molecule has 11 heteroatoms. The van der Waals surface area contributed by atoms with Crippen LogP contribution in [-0.2, 0) is 34.2 Å². The van der Waals surface area contributed by atoms with Crippen molar-refractivity contribution in [2.24, 2.45) is 0 Å². The number of aromatic nitrogens is 1. The molecule has 42 heavy (non-hydrogen) atoms. The van der Waals surface area contributed by atoms with E-state index in [-0.39, 0.29) is 36.0 Å². The van der Waals surface area contributed by atoms with E-state index in [4.69, 9.17) is 0 Å². The molecule has 3 aromatic rings. The first-order valence-corrected chi connectivity index (χ1v) is 16.8. The lowest BCUT2D eigenvalue weighted by molar-refractivity contribution is -0.125. The minimum absolute atomic E-state index is 0.0638. The number of nitrogens with one attached hydrogen (secondary N) is 1. The summed E-state index contributed by atoms with van der Waals surface area (Å²) >= 11 is 1.04. The third kappa shape index (κ3) is 6.38. The Kier molecular flexibility index (Phi) is 9.00. The summed E-state index contributed by atoms with van der Waals surface area (Å²) in [6.07, 6.45) is 5.05. The van der Waals surface area contributed by atoms with E-state index in [0.717, 1.165) is 54.6 Å². The third-order valence-electron chi connectivity index (χ3n) is 8.17. The van der Waals surface area contributed by atoms with E-state index >= 15 is 0 Å². The Labute approximate surface area is 251 Å². The molecule has 9 nitrogen and oxygen atoms in total. The number of aryl methyl sites for hydroxylation is 3. The monoisotopic (exact) mass is 610 g/mol. The predicted octanol–water partition coefficient (Wildman–Crippen LogP) is 4.74. The van der Waals surface area contributed by atoms with Crippen LogP contribution < -0.4 is 10.2 Å². The second kappa shape index (κ2) is 12.5. The summed E-state index contributed by atoms with van der Waals surface area (Å²) in [5.74, 6) is -1.07. The molecule has 2 heterocycles. The van der Waals surface area contributed by atoms with E-state index in [1.54, 1.807) is 19.1 Å². The van der Waals surface area contributed by atoms with Crippen molar-refractivity contribution in [1.29, 1.82) is 0 Å². The van der Waals surface area contributed by atoms with E-state index in [1.807, 2.05) is 35.2 Å². The van der Waals surface area contributed by atoms with Crippen LogP contribution in [0.1, 0.15) is 76.6 Å². The highest BCUT2D eigenvalue weighted by atomic mass is 32.2. The molecule has 1 saturated heterocycles. The molecule has 2 aliphatic rings. The number of benzene rings is 2. The maximum Gasteiger partial charge on any atom is 0.347 e. The van der Waals surface area contributed by atoms with Gasteiger partial charge in [0, 0.05) is 26.2 Å². The Bertz CT molecular complexity index is 1570. The molecule has 0 bridgehead atoms. The van der Waals surface area contributed by atoms with E-state index < -0.39 is 27.9 Å². The number of aromatic carboxylic acids is 1. The maximum atomic E-state index is 14.1. The number of carboxylic acid groups (broad SMARTS) is 1. The minimum Gasteiger partial charge on any atom is -0.477 e. The Hall–Kier alpha value is -3.28. The average molecular weight is 611 g/mol. The van der Waals surface area contributed by atoms with Crippen molar-refractivity contribution < 1.29 is 23.1 Å². The smallest absolute Gasteiger partial charge is 0.347 e. The fourth-order valence-corrected chi connectivity index (χ4v) is 8.23. The zero-order chi connectivity index (χ0) is 30.0. The van der Waals surface area contributed by atoms with Crippen molar-refractivity contribution in [3.63, 3.8) is 0 Å². The highest BCUT2D eigenvalue weighted by Gasteiger charge is 2.41. The molecule has 1 amide bonds. The van der Waals surface area contributed by atoms with Gasteiger partial charge in [-0.2, -0.15) is 4.31 Å². The van der Waals surface area contributed by atoms with Gasteiger partial charge in [0.1, 0.15) is 10.9 Å². The number of rotatable bonds is 8. The van der Waals surface area contributed by atoms with Crippen LogP contribution in [0.3, 0.4) is 0 Å². The van der Waals surface area contributed by atoms with E-state index in [9.17, 15) is 23.1 Å². The van der Waals surface area contributed by atoms with Crippen molar-refractivity contribution in [3.05, 3.63) is 75.3 Å². The Morgan fingerprint density at radius 1 is 1.05 bits per heavy atom. The van der Waals surface area contributed by atoms with Crippen molar-refractivity contribution in [2.75, 3.05) is 24.5 Å². The number of carbonyl (C=O) groups is 2. The molecule has 0 spiro atoms. The minimum atomic E-state index is -3.99. The van der Waals surface area contributed by atoms with Gasteiger partial charge in [0.2, 0.25) is 15.9 Å². The first-order valence-electron chi connectivity index (χ1n) is 14.5. The summed E-state index contributed by atoms with van der Waals surface area (Å²) in [6.45, 7) is 6.56. The summed E-state index contributed by atoms with van der Waals surface area (Å²) in [5.41, 5.74) is 4.78. The second-order valence-electron chi connectivity index (χ2n) is 11.4. The topological polar surface area (TPSA) is 120 Å². The molecule has 0 radical (unpaired) electrons. The van der Waals surface area contributed by atoms with Gasteiger partial charge in [0.15, 0.2) is 5.13 Å². The van der Waals surface area contributed by atoms with Crippen molar-refractivity contribution in [2.45, 2.75) is 76.3 Å². The Balaban J connectivity index is 1.42. The molecule has 1 fully saturated rings. The van der Waals surface area contributed by atoms with Crippen LogP contribution in [-0.4, -0.2) is 60.4 Å². The maximum absolute atomic E-state index is 14.1. The van der Waals surface area contributed by atoms with E-state index in [0.29, 0.717) is 16.7 Å². The number of hydrogen-bond donors (Lipinski definition) is 2. The van der Waals surface area contributed by atoms with Gasteiger partial charge < -0.3 is 15.3 Å². The number of carbonyl (C=O) groups excluding carboxylic acids is 1. The largest absolute Gasteiger partial charge is 0.477 e. The molecule has 1 aliphatic carbocycles. The summed E-state index contributed by atoms with van der Waals surface area (Å²) in [7, 11) is -3.99. The number of anilines is 1. The van der Waals surface area contributed by atoms with Crippen molar-refractivity contribution in [3.8, 4) is 0 Å². The fraction of sp³-hybridized carbons (Fsp3) is 0.452. The molecule has 0 unspecified atom stereocenters. The lowest BCUT2D eigenvalue weighted by Gasteiger charge is -2.39. The van der Waals surface area contributed by atoms with Gasteiger partial charge >= 0.3 is 5.97 Å². The Morgan fingerprint density at radius 3 is 2.43 bits per heavy atom. The number of sulfonamides is 1. The average Bonchev–Trinajstić information content (AvgIpc) is 3.22. The zero-order valence-corrected chi connectivity index (χ0v) is 25.9. The van der Waals surface area contributed by atoms with Crippen LogP contribution in [0.2, 0.25) is 0 Å². The third-order valence-corrected chi connectivity index (χ3v) is 11.3. The number of fused-ring (bicyclic) bond motifs is 1. The molecule has 224 valence electrons. The molecule has 1 aliphatic heterocycles. The summed E-state index contributed by atoms with van der Waals surface area (Å²) < 4.78 is 29.5. The van der Waals surface area contributed by atoms with Gasteiger partial charge in [-0.1, -0.05) is 61.9 Å². The number of nitrogens with zero attached hydrogens (tertiary/aromatic N) is 3. The van der Waals surface area contributed by atoms with Crippen molar-refractivity contribution >= 4 is 38.4 Å². The van der Waals surface area contributed by atoms with Crippen LogP contribution in [0.4, 0.5) is 5.13 Å². The van der Waals surface area contributed by atoms with Gasteiger partial charge in [-0.3, -0.25) is 4.79 Å². The van der Waals surface area contributed by atoms with Crippen LogP contribution in [0.25, 0.3) is 0 Å². The number of carboxylic acids is 1. The molecule has 2 aromatic carbocycles. The quantitative estimate of drug-likeness (QED) is 0.354. The standard InChI is InChI=1S/C31H38N4O5S2/c1-20(2)23-11-9-22(10-12-23)18-32-29(36)27-19-34(31-33-21(3)28(41-31)30(37)38)15-16-35(27)42(39,40)26-14-13-24-7-5-4-6-8-25(24)17-26/h9-14,17,20,27H,4-8,15-16,18-19H2,1-3H3,(H,32,36)(H,37,38)/t27-/m1/s1. The first kappa shape index (κ1) is 30.2. The van der Waals surface area contributed by atoms with Crippen LogP contribution in [0, 0.1) is 6.92 Å². The van der Waals surface area contributed by atoms with Crippen LogP contribution in [0.15, 0.2) is 47.4 Å². The lowest BCUT2D eigenvalue weighted by atomic mass is 10.0. The number of thiazole rings is 1. The van der Waals surface area contributed by atoms with Gasteiger partial charge in [-0.25, -0.2) is 18.2 Å². The van der Waals surface area contributed by atoms with Gasteiger partial charge in [0.25, 0.3) is 0 Å². The molecular formula is C31H38N4O5S2. The first-order chi connectivity index (χ1) is 20.0. The van der Waals surface area contributed by atoms with Gasteiger partial charge in [-0.15, -0.1) is 0 Å². The van der Waals surface area contributed by atoms with E-state index in [2.05, 4.69) is 24.1 Å². The molecule has 2 N–H and O–H groups in total. The summed E-state index contributed by atoms with van der Waals surface area (Å²) in [4.78, 5) is 31.9. The van der Waals surface area contributed by atoms with Gasteiger partial charge in [-0.05, 0) is 72.9 Å². The SMILES string of the molecule is Cc1nc(N2CCN(S(=O)(=O)c3ccc4c(c3)CCCCC4)[C@@H](C(=O)NCc3ccc(C(C)C)cc3)C2)sc1C(=O)O. The summed E-state index contributed by atoms with van der Waals surface area (Å²) in [6, 6.07) is 12.4. The number of hydrogen-bond acceptors (Lipinski definition) is 7. The lowest BCUT2D eigenvalue weighted by Crippen LogP contribution is -2.60. The highest BCUT2D eigenvalue weighted by molar-refractivity contribution is 7.89. The predicted molar refractivity (Wildman–Crippen MR) is 164 cm³/mol. The van der Waals surface area contributed by atoms with Crippen LogP contribution in [0.5, 0.6) is 0 Å². The number of piperazine rings is 1. The van der Waals surface area contributed by atoms with Crippen LogP contribution >= 0.6 is 11.3 Å². The van der Waals surface area contributed by atoms with Crippen molar-refractivity contribution in [1.82, 2.24) is 14.6 Å². The highest BCUT2D eigenvalue weighted by Crippen LogP contribution is 2.31. The molecule has 0 saturated carbocycles. The summed E-state index contributed by atoms with van der Waals surface area (Å²) in [5, 5.41) is 12.9.